The number of allylic oxidation sites excluding steroid dienone is 3. The van der Waals surface area contributed by atoms with Gasteiger partial charge in [-0.3, -0.25) is 34.3 Å². The Balaban J connectivity index is 2.19. The highest BCUT2D eigenvalue weighted by Crippen LogP contribution is 2.28. The molecule has 0 aromatic heterocycles. The molecule has 2 N–H and O–H groups in total. The highest BCUT2D eigenvalue weighted by atomic mass is 19.1. The van der Waals surface area contributed by atoms with Crippen molar-refractivity contribution in [2.45, 2.75) is 51.7 Å². The molecule has 0 aromatic rings. The Labute approximate surface area is 222 Å². The van der Waals surface area contributed by atoms with Gasteiger partial charge in [-0.15, -0.1) is 0 Å². The van der Waals surface area contributed by atoms with E-state index in [9.17, 15) is 28.4 Å². The van der Waals surface area contributed by atoms with Crippen LogP contribution < -0.4 is 5.32 Å². The number of Topliss-reactive ketones (excluding diaryl/α,β-unsaturated/α-hetero) is 1. The molecule has 11 nitrogen and oxygen atoms in total. The number of carbonyl (C=O) groups excluding carboxylic acids is 5. The van der Waals surface area contributed by atoms with Gasteiger partial charge in [-0.25, -0.2) is 4.39 Å². The largest absolute Gasteiger partial charge is 0.377 e. The third-order valence-corrected chi connectivity index (χ3v) is 7.16. The Bertz CT molecular complexity index is 1070. The summed E-state index contributed by atoms with van der Waals surface area (Å²) in [7, 11) is 5.66. The fourth-order valence-electron chi connectivity index (χ4n) is 4.35. The van der Waals surface area contributed by atoms with Crippen molar-refractivity contribution in [1.82, 2.24) is 20.0 Å². The SMILES string of the molecule is COC1(C)CCC(N(C)C(=O)C(=O)N(C)C)C(=N)N(C(=O)C(=O)C(C)C(=O)NCC2C=C(C)C(F)=CC2)C1. The van der Waals surface area contributed by atoms with Crippen molar-refractivity contribution >= 4 is 35.2 Å². The van der Waals surface area contributed by atoms with Crippen molar-refractivity contribution in [2.24, 2.45) is 11.8 Å². The molecule has 210 valence electrons. The summed E-state index contributed by atoms with van der Waals surface area (Å²) in [6, 6.07) is -0.973. The molecule has 0 spiro atoms. The van der Waals surface area contributed by atoms with Crippen LogP contribution in [0.25, 0.3) is 0 Å². The number of hydrogen-bond acceptors (Lipinski definition) is 7. The second kappa shape index (κ2) is 12.4. The molecule has 4 unspecified atom stereocenters. The molecule has 4 amide bonds. The Morgan fingerprint density at radius 2 is 1.87 bits per heavy atom. The van der Waals surface area contributed by atoms with Crippen LogP contribution in [-0.2, 0) is 28.7 Å². The van der Waals surface area contributed by atoms with E-state index >= 15 is 0 Å². The predicted octanol–water partition coefficient (Wildman–Crippen LogP) is 1.05. The normalized spacial score (nSPS) is 24.4. The molecule has 1 aliphatic carbocycles. The van der Waals surface area contributed by atoms with Gasteiger partial charge >= 0.3 is 11.8 Å². The minimum atomic E-state index is -1.35. The maximum absolute atomic E-state index is 13.5. The molecule has 12 heteroatoms. The number of amides is 4. The van der Waals surface area contributed by atoms with E-state index < -0.39 is 47.0 Å². The molecule has 38 heavy (non-hydrogen) atoms. The summed E-state index contributed by atoms with van der Waals surface area (Å²) < 4.78 is 19.1. The second-order valence-corrected chi connectivity index (χ2v) is 10.3. The highest BCUT2D eigenvalue weighted by molar-refractivity contribution is 6.42. The Morgan fingerprint density at radius 3 is 2.42 bits per heavy atom. The van der Waals surface area contributed by atoms with Gasteiger partial charge in [0.1, 0.15) is 17.6 Å². The minimum Gasteiger partial charge on any atom is -0.377 e. The highest BCUT2D eigenvalue weighted by Gasteiger charge is 2.44. The number of likely N-dealkylation sites (N-methyl/N-ethyl adjacent to an activating group) is 2. The smallest absolute Gasteiger partial charge is 0.312 e. The van der Waals surface area contributed by atoms with Crippen LogP contribution in [0.15, 0.2) is 23.6 Å². The van der Waals surface area contributed by atoms with Crippen molar-refractivity contribution in [2.75, 3.05) is 41.3 Å². The lowest BCUT2D eigenvalue weighted by Crippen LogP contribution is -2.55. The number of hydrogen-bond donors (Lipinski definition) is 2. The first-order valence-electron chi connectivity index (χ1n) is 12.4. The summed E-state index contributed by atoms with van der Waals surface area (Å²) in [6.07, 6.45) is 4.09. The zero-order chi connectivity index (χ0) is 28.9. The summed E-state index contributed by atoms with van der Waals surface area (Å²) in [5, 5.41) is 11.4. The van der Waals surface area contributed by atoms with E-state index in [4.69, 9.17) is 10.1 Å². The first-order chi connectivity index (χ1) is 17.6. The van der Waals surface area contributed by atoms with Crippen molar-refractivity contribution in [3.05, 3.63) is 23.6 Å². The average molecular weight is 536 g/mol. The van der Waals surface area contributed by atoms with Crippen molar-refractivity contribution in [3.8, 4) is 0 Å². The minimum absolute atomic E-state index is 0.142. The van der Waals surface area contributed by atoms with Crippen LogP contribution in [0.3, 0.4) is 0 Å². The fourth-order valence-corrected chi connectivity index (χ4v) is 4.35. The number of carbonyl (C=O) groups is 5. The van der Waals surface area contributed by atoms with E-state index in [-0.39, 0.29) is 37.1 Å². The molecule has 1 heterocycles. The number of ketones is 1. The van der Waals surface area contributed by atoms with Crippen LogP contribution >= 0.6 is 0 Å². The number of halogens is 1. The topological polar surface area (TPSA) is 140 Å². The molecular formula is C26H38FN5O6. The Morgan fingerprint density at radius 1 is 1.24 bits per heavy atom. The van der Waals surface area contributed by atoms with Crippen molar-refractivity contribution < 1.29 is 33.1 Å². The molecule has 1 saturated heterocycles. The number of nitrogens with zero attached hydrogens (tertiary/aromatic N) is 3. The Kier molecular flexibility index (Phi) is 10.1. The molecule has 0 radical (unpaired) electrons. The van der Waals surface area contributed by atoms with Crippen molar-refractivity contribution in [3.63, 3.8) is 0 Å². The van der Waals surface area contributed by atoms with E-state index in [2.05, 4.69) is 5.32 Å². The first-order valence-corrected chi connectivity index (χ1v) is 12.4. The average Bonchev–Trinajstić information content (AvgIpc) is 3.02. The van der Waals surface area contributed by atoms with Crippen LogP contribution in [0.2, 0.25) is 0 Å². The number of ether oxygens (including phenoxy) is 1. The van der Waals surface area contributed by atoms with Gasteiger partial charge in [0.05, 0.1) is 18.2 Å². The number of rotatable bonds is 7. The zero-order valence-electron chi connectivity index (χ0n) is 23.1. The quantitative estimate of drug-likeness (QED) is 0.369. The summed E-state index contributed by atoms with van der Waals surface area (Å²) in [5.74, 6) is -6.55. The van der Waals surface area contributed by atoms with Crippen LogP contribution in [0.1, 0.15) is 40.0 Å². The molecule has 1 aliphatic heterocycles. The number of likely N-dealkylation sites (tertiary alicyclic amines) is 1. The summed E-state index contributed by atoms with van der Waals surface area (Å²) >= 11 is 0. The van der Waals surface area contributed by atoms with Gasteiger partial charge in [0.15, 0.2) is 0 Å². The molecule has 0 bridgehead atoms. The van der Waals surface area contributed by atoms with Gasteiger partial charge in [-0.2, -0.15) is 0 Å². The fraction of sp³-hybridized carbons (Fsp3) is 0.615. The van der Waals surface area contributed by atoms with Gasteiger partial charge < -0.3 is 19.9 Å². The van der Waals surface area contributed by atoms with E-state index in [1.807, 2.05) is 0 Å². The molecule has 0 saturated carbocycles. The molecule has 2 aliphatic rings. The standard InChI is InChI=1S/C26H38FN5O6/c1-15-12-17(8-9-18(15)27)13-29-22(34)16(2)20(33)23(35)32-14-26(3,38-7)11-10-19(21(32)28)31(6)25(37)24(36)30(4)5/h9,12,16-17,19,28H,8,10-11,13-14H2,1-7H3,(H,29,34). The monoisotopic (exact) mass is 535 g/mol. The first kappa shape index (κ1) is 30.8. The lowest BCUT2D eigenvalue weighted by molar-refractivity contribution is -0.150. The zero-order valence-corrected chi connectivity index (χ0v) is 23.1. The second-order valence-electron chi connectivity index (χ2n) is 10.3. The summed E-state index contributed by atoms with van der Waals surface area (Å²) in [5.41, 5.74) is -0.465. The molecule has 0 aromatic carbocycles. The predicted molar refractivity (Wildman–Crippen MR) is 138 cm³/mol. The molecule has 2 rings (SSSR count). The van der Waals surface area contributed by atoms with E-state index in [0.717, 1.165) is 14.7 Å². The molecule has 4 atom stereocenters. The van der Waals surface area contributed by atoms with Crippen molar-refractivity contribution in [1.29, 1.82) is 5.41 Å². The van der Waals surface area contributed by atoms with Crippen LogP contribution in [0, 0.1) is 17.2 Å². The maximum atomic E-state index is 13.5. The van der Waals surface area contributed by atoms with Gasteiger partial charge in [-0.1, -0.05) is 6.08 Å². The summed E-state index contributed by atoms with van der Waals surface area (Å²) in [4.78, 5) is 67.2. The number of amidine groups is 1. The van der Waals surface area contributed by atoms with E-state index in [1.54, 1.807) is 19.9 Å². The van der Waals surface area contributed by atoms with Gasteiger partial charge in [-0.05, 0) is 57.6 Å². The number of nitrogens with one attached hydrogen (secondary N) is 2. The van der Waals surface area contributed by atoms with Crippen LogP contribution in [-0.4, -0.2) is 103 Å². The molecular weight excluding hydrogens is 497 g/mol. The van der Waals surface area contributed by atoms with Gasteiger partial charge in [0.2, 0.25) is 11.7 Å². The van der Waals surface area contributed by atoms with E-state index in [0.29, 0.717) is 18.4 Å². The third kappa shape index (κ3) is 6.91. The maximum Gasteiger partial charge on any atom is 0.312 e. The van der Waals surface area contributed by atoms with Gasteiger partial charge in [0, 0.05) is 34.8 Å². The van der Waals surface area contributed by atoms with E-state index in [1.165, 1.54) is 41.3 Å². The van der Waals surface area contributed by atoms with Crippen LogP contribution in [0.5, 0.6) is 0 Å². The number of methoxy groups -OCH3 is 1. The van der Waals surface area contributed by atoms with Crippen LogP contribution in [0.4, 0.5) is 4.39 Å². The third-order valence-electron chi connectivity index (χ3n) is 7.16. The van der Waals surface area contributed by atoms with Gasteiger partial charge in [0.25, 0.3) is 5.91 Å². The Hall–Kier alpha value is -3.41. The lowest BCUT2D eigenvalue weighted by atomic mass is 9.95. The lowest BCUT2D eigenvalue weighted by Gasteiger charge is -2.33. The summed E-state index contributed by atoms with van der Waals surface area (Å²) in [6.45, 7) is 4.67. The molecule has 1 fully saturated rings.